The number of hydrogen-bond donors (Lipinski definition) is 0. The van der Waals surface area contributed by atoms with Crippen LogP contribution in [0.25, 0.3) is 11.1 Å². The minimum absolute atomic E-state index is 0.167. The molecule has 2 heteroatoms. The van der Waals surface area contributed by atoms with Gasteiger partial charge in [0, 0.05) is 0 Å². The van der Waals surface area contributed by atoms with Crippen LogP contribution in [0.4, 0.5) is 0 Å². The van der Waals surface area contributed by atoms with Gasteiger partial charge in [-0.3, -0.25) is 6.08 Å². The molecule has 2 aliphatic rings. The van der Waals surface area contributed by atoms with Gasteiger partial charge in [0.05, 0.1) is 0 Å². The van der Waals surface area contributed by atoms with Gasteiger partial charge in [0.25, 0.3) is 0 Å². The van der Waals surface area contributed by atoms with Crippen molar-refractivity contribution in [2.24, 2.45) is 5.92 Å². The van der Waals surface area contributed by atoms with Crippen molar-refractivity contribution < 1.29 is 24.2 Å². The zero-order valence-corrected chi connectivity index (χ0v) is 30.2. The van der Waals surface area contributed by atoms with Gasteiger partial charge in [-0.05, 0) is 36.5 Å². The fourth-order valence-electron chi connectivity index (χ4n) is 5.23. The molecule has 0 aliphatic heterocycles. The van der Waals surface area contributed by atoms with Crippen molar-refractivity contribution in [2.45, 2.75) is 92.3 Å². The van der Waals surface area contributed by atoms with E-state index in [0.29, 0.717) is 5.92 Å². The number of allylic oxidation sites excluding steroid dienone is 4. The molecule has 3 aromatic rings. The summed E-state index contributed by atoms with van der Waals surface area (Å²) >= 11 is 1.46. The normalized spacial score (nSPS) is 16.0. The Kier molecular flexibility index (Phi) is 10.6. The minimum atomic E-state index is -1.07. The summed E-state index contributed by atoms with van der Waals surface area (Å²) in [7, 11) is -1.07. The van der Waals surface area contributed by atoms with Gasteiger partial charge in [-0.2, -0.15) is 29.8 Å². The van der Waals surface area contributed by atoms with Crippen molar-refractivity contribution >= 4 is 11.8 Å². The molecule has 208 valence electrons. The third-order valence-corrected chi connectivity index (χ3v) is 10.5. The molecule has 0 radical (unpaired) electrons. The van der Waals surface area contributed by atoms with Crippen molar-refractivity contribution in [3.8, 4) is 11.1 Å². The zero-order valence-electron chi connectivity index (χ0n) is 26.7. The van der Waals surface area contributed by atoms with E-state index in [1.807, 2.05) is 6.07 Å². The zero-order chi connectivity index (χ0) is 29.9. The summed E-state index contributed by atoms with van der Waals surface area (Å²) in [5.74, 6) is 0.553. The second-order valence-corrected chi connectivity index (χ2v) is 20.0. The quantitative estimate of drug-likeness (QED) is 0.154. The Morgan fingerprint density at radius 2 is 1.48 bits per heavy atom. The fraction of sp³-hybridized carbons (Fsp3) is 0.395. The van der Waals surface area contributed by atoms with Crippen molar-refractivity contribution in [2.75, 3.05) is 0 Å². The predicted octanol–water partition coefficient (Wildman–Crippen LogP) is 10.2. The Bertz CT molecular complexity index is 1320. The summed E-state index contributed by atoms with van der Waals surface area (Å²) in [5.41, 5.74) is 11.4. The molecule has 0 saturated carbocycles. The molecule has 0 saturated heterocycles. The van der Waals surface area contributed by atoms with Crippen LogP contribution in [0, 0.1) is 18.1 Å². The summed E-state index contributed by atoms with van der Waals surface area (Å²) in [6, 6.07) is 25.5. The van der Waals surface area contributed by atoms with E-state index >= 15 is 0 Å². The van der Waals surface area contributed by atoms with E-state index in [1.165, 1.54) is 68.8 Å². The topological polar surface area (TPSA) is 0 Å². The SMILES string of the molecule is CC(C)(C)c1[c-]c2c(cc1)-c1ccc(C(C)(C)C)cc1C2.CC1=[C-]C(C)C=C1[Si](C)(C)C.[Zr+2]=[CH]c1ccccc1. The van der Waals surface area contributed by atoms with Crippen LogP contribution in [0.15, 0.2) is 77.5 Å². The Morgan fingerprint density at radius 3 is 1.93 bits per heavy atom. The monoisotopic (exact) mass is 622 g/mol. The Labute approximate surface area is 261 Å². The average molecular weight is 624 g/mol. The van der Waals surface area contributed by atoms with E-state index < -0.39 is 8.07 Å². The van der Waals surface area contributed by atoms with Gasteiger partial charge in [0.1, 0.15) is 0 Å². The second kappa shape index (κ2) is 13.0. The van der Waals surface area contributed by atoms with Crippen molar-refractivity contribution in [1.29, 1.82) is 0 Å². The second-order valence-electron chi connectivity index (χ2n) is 14.3. The molecule has 40 heavy (non-hydrogen) atoms. The van der Waals surface area contributed by atoms with E-state index in [2.05, 4.69) is 152 Å². The van der Waals surface area contributed by atoms with Crippen LogP contribution in [0.2, 0.25) is 19.6 Å². The van der Waals surface area contributed by atoms with Gasteiger partial charge in [-0.15, -0.1) is 11.1 Å². The van der Waals surface area contributed by atoms with Gasteiger partial charge in [-0.1, -0.05) is 105 Å². The molecule has 5 rings (SSSR count). The van der Waals surface area contributed by atoms with Crippen LogP contribution < -0.4 is 0 Å². The number of benzene rings is 3. The fourth-order valence-corrected chi connectivity index (χ4v) is 7.65. The first-order valence-corrected chi connectivity index (χ1v) is 19.5. The molecule has 1 atom stereocenters. The maximum absolute atomic E-state index is 3.67. The first-order valence-electron chi connectivity index (χ1n) is 14.6. The number of rotatable bonds is 2. The van der Waals surface area contributed by atoms with Crippen molar-refractivity contribution in [3.05, 3.63) is 117 Å². The Hall–Kier alpha value is -1.89. The molecule has 0 spiro atoms. The predicted molar refractivity (Wildman–Crippen MR) is 176 cm³/mol. The Morgan fingerprint density at radius 1 is 0.850 bits per heavy atom. The summed E-state index contributed by atoms with van der Waals surface area (Å²) < 4.78 is 2.17. The number of hydrogen-bond acceptors (Lipinski definition) is 0. The standard InChI is InChI=1S/C21H25.C10H17Si.C7H6.Zr/c1-20(2,3)16-7-9-18-14(12-16)11-15-13-17(21(4,5)6)8-10-19(15)18;1-8-6-9(2)10(7-8)11(3,4)5;1-7-5-3-2-4-6-7;/h7-10,12H,11H2,1-6H3;7-8H,1-5H3;1-6H;/q2*-1;;+2. The van der Waals surface area contributed by atoms with Crippen LogP contribution >= 0.6 is 0 Å². The van der Waals surface area contributed by atoms with Gasteiger partial charge < -0.3 is 0 Å². The van der Waals surface area contributed by atoms with Crippen LogP contribution in [0.5, 0.6) is 0 Å². The van der Waals surface area contributed by atoms with Gasteiger partial charge in [0.2, 0.25) is 0 Å². The molecule has 3 aromatic carbocycles. The summed E-state index contributed by atoms with van der Waals surface area (Å²) in [6.07, 6.45) is 6.83. The van der Waals surface area contributed by atoms with Crippen LogP contribution in [-0.4, -0.2) is 11.8 Å². The van der Waals surface area contributed by atoms with Crippen LogP contribution in [0.3, 0.4) is 0 Å². The first kappa shape index (κ1) is 32.6. The van der Waals surface area contributed by atoms with E-state index in [4.69, 9.17) is 0 Å². The van der Waals surface area contributed by atoms with Gasteiger partial charge >= 0.3 is 63.8 Å². The molecule has 0 heterocycles. The van der Waals surface area contributed by atoms with Crippen molar-refractivity contribution in [1.82, 2.24) is 0 Å². The average Bonchev–Trinajstić information content (AvgIpc) is 3.42. The van der Waals surface area contributed by atoms with E-state index in [0.717, 1.165) is 6.42 Å². The van der Waals surface area contributed by atoms with Gasteiger partial charge in [-0.25, -0.2) is 10.8 Å². The van der Waals surface area contributed by atoms with Crippen LogP contribution in [-0.2, 0) is 41.5 Å². The molecule has 0 N–H and O–H groups in total. The molecule has 1 unspecified atom stereocenters. The summed E-state index contributed by atoms with van der Waals surface area (Å²) in [4.78, 5) is 0. The molecule has 0 aromatic heterocycles. The summed E-state index contributed by atoms with van der Waals surface area (Å²) in [6.45, 7) is 25.2. The third kappa shape index (κ3) is 8.56. The molecule has 0 bridgehead atoms. The maximum atomic E-state index is 3.67. The van der Waals surface area contributed by atoms with E-state index in [-0.39, 0.29) is 10.8 Å². The molecule has 0 fully saturated rings. The molecule has 2 aliphatic carbocycles. The molecule has 0 nitrogen and oxygen atoms in total. The van der Waals surface area contributed by atoms with E-state index in [9.17, 15) is 0 Å². The van der Waals surface area contributed by atoms with Crippen molar-refractivity contribution in [3.63, 3.8) is 0 Å². The van der Waals surface area contributed by atoms with E-state index in [1.54, 1.807) is 5.20 Å². The van der Waals surface area contributed by atoms with Crippen LogP contribution in [0.1, 0.15) is 83.2 Å². The number of fused-ring (bicyclic) bond motifs is 3. The third-order valence-electron chi connectivity index (χ3n) is 7.50. The van der Waals surface area contributed by atoms with Gasteiger partial charge in [0.15, 0.2) is 0 Å². The molecular formula is C38H48SiZr. The molecule has 0 amide bonds. The summed E-state index contributed by atoms with van der Waals surface area (Å²) in [5, 5.41) is 1.60. The molecular weight excluding hydrogens is 576 g/mol. The Balaban J connectivity index is 0.000000193. The first-order chi connectivity index (χ1) is 18.5.